The molecule has 1 aliphatic rings. The standard InChI is InChI=1S/C25H23FN2O3/c1-31-21-9-6-19(7-10-21)24(29)27-23-16-20(26)8-11-22(23)25(30)28-14-12-17-4-2-3-5-18(17)13-15-28/h2-11,16H,12-15H2,1H3,(H,27,29). The number of carbonyl (C=O) groups is 2. The molecule has 0 aromatic heterocycles. The summed E-state index contributed by atoms with van der Waals surface area (Å²) < 4.78 is 19.1. The Kier molecular flexibility index (Phi) is 5.98. The van der Waals surface area contributed by atoms with Gasteiger partial charge in [0.25, 0.3) is 11.8 Å². The van der Waals surface area contributed by atoms with Crippen LogP contribution in [0.5, 0.6) is 5.75 Å². The molecule has 0 bridgehead atoms. The van der Waals surface area contributed by atoms with E-state index in [1.807, 2.05) is 12.1 Å². The first-order chi connectivity index (χ1) is 15.0. The first-order valence-corrected chi connectivity index (χ1v) is 10.2. The minimum Gasteiger partial charge on any atom is -0.497 e. The van der Waals surface area contributed by atoms with E-state index in [1.54, 1.807) is 36.3 Å². The first-order valence-electron chi connectivity index (χ1n) is 10.2. The number of hydrogen-bond acceptors (Lipinski definition) is 3. The van der Waals surface area contributed by atoms with E-state index >= 15 is 0 Å². The van der Waals surface area contributed by atoms with Gasteiger partial charge in [-0.1, -0.05) is 24.3 Å². The van der Waals surface area contributed by atoms with Gasteiger partial charge in [0.2, 0.25) is 0 Å². The van der Waals surface area contributed by atoms with Crippen molar-refractivity contribution in [3.8, 4) is 5.75 Å². The van der Waals surface area contributed by atoms with Crippen molar-refractivity contribution in [2.45, 2.75) is 12.8 Å². The molecule has 31 heavy (non-hydrogen) atoms. The van der Waals surface area contributed by atoms with E-state index in [4.69, 9.17) is 4.74 Å². The number of nitrogens with one attached hydrogen (secondary N) is 1. The van der Waals surface area contributed by atoms with Crippen molar-refractivity contribution in [1.82, 2.24) is 4.90 Å². The van der Waals surface area contributed by atoms with Gasteiger partial charge >= 0.3 is 0 Å². The van der Waals surface area contributed by atoms with Crippen LogP contribution in [-0.4, -0.2) is 36.9 Å². The Hall–Kier alpha value is -3.67. The van der Waals surface area contributed by atoms with Gasteiger partial charge in [-0.15, -0.1) is 0 Å². The van der Waals surface area contributed by atoms with Gasteiger partial charge < -0.3 is 15.0 Å². The number of fused-ring (bicyclic) bond motifs is 1. The Balaban J connectivity index is 1.55. The fraction of sp³-hybridized carbons (Fsp3) is 0.200. The van der Waals surface area contributed by atoms with Crippen molar-refractivity contribution < 1.29 is 18.7 Å². The molecule has 1 N–H and O–H groups in total. The SMILES string of the molecule is COc1ccc(C(=O)Nc2cc(F)ccc2C(=O)N2CCc3ccccc3CC2)cc1. The zero-order valence-corrected chi connectivity index (χ0v) is 17.2. The average Bonchev–Trinajstić information content (AvgIpc) is 3.01. The van der Waals surface area contributed by atoms with Gasteiger partial charge in [0.15, 0.2) is 0 Å². The molecule has 2 amide bonds. The highest BCUT2D eigenvalue weighted by molar-refractivity contribution is 6.09. The van der Waals surface area contributed by atoms with Crippen LogP contribution in [0.3, 0.4) is 0 Å². The normalized spacial score (nSPS) is 13.2. The van der Waals surface area contributed by atoms with Gasteiger partial charge in [0, 0.05) is 18.7 Å². The van der Waals surface area contributed by atoms with E-state index in [2.05, 4.69) is 17.4 Å². The fourth-order valence-corrected chi connectivity index (χ4v) is 3.78. The predicted octanol–water partition coefficient (Wildman–Crippen LogP) is 4.33. The summed E-state index contributed by atoms with van der Waals surface area (Å²) in [4.78, 5) is 27.7. The number of amides is 2. The average molecular weight is 418 g/mol. The third kappa shape index (κ3) is 4.58. The van der Waals surface area contributed by atoms with E-state index in [9.17, 15) is 14.0 Å². The highest BCUT2D eigenvalue weighted by Crippen LogP contribution is 2.23. The minimum atomic E-state index is -0.523. The Morgan fingerprint density at radius 3 is 2.19 bits per heavy atom. The fourth-order valence-electron chi connectivity index (χ4n) is 3.78. The molecule has 0 spiro atoms. The number of methoxy groups -OCH3 is 1. The van der Waals surface area contributed by atoms with Crippen molar-refractivity contribution in [3.05, 3.63) is 94.8 Å². The van der Waals surface area contributed by atoms with E-state index in [1.165, 1.54) is 29.3 Å². The molecule has 1 aliphatic heterocycles. The van der Waals surface area contributed by atoms with Crippen LogP contribution in [0.4, 0.5) is 10.1 Å². The van der Waals surface area contributed by atoms with Crippen LogP contribution >= 0.6 is 0 Å². The summed E-state index contributed by atoms with van der Waals surface area (Å²) in [5.41, 5.74) is 3.30. The summed E-state index contributed by atoms with van der Waals surface area (Å²) in [5.74, 6) is -0.548. The molecule has 0 unspecified atom stereocenters. The van der Waals surface area contributed by atoms with Gasteiger partial charge in [-0.05, 0) is 66.4 Å². The maximum Gasteiger partial charge on any atom is 0.255 e. The minimum absolute atomic E-state index is 0.160. The largest absolute Gasteiger partial charge is 0.497 e. The van der Waals surface area contributed by atoms with Crippen molar-refractivity contribution in [2.24, 2.45) is 0 Å². The molecule has 4 rings (SSSR count). The van der Waals surface area contributed by atoms with Gasteiger partial charge in [0.05, 0.1) is 18.4 Å². The lowest BCUT2D eigenvalue weighted by Gasteiger charge is -2.22. The molecule has 6 heteroatoms. The Labute approximate surface area is 180 Å². The topological polar surface area (TPSA) is 58.6 Å². The third-order valence-electron chi connectivity index (χ3n) is 5.52. The molecule has 0 fully saturated rings. The lowest BCUT2D eigenvalue weighted by molar-refractivity contribution is 0.0764. The molecule has 0 radical (unpaired) electrons. The number of benzene rings is 3. The summed E-state index contributed by atoms with van der Waals surface area (Å²) in [6.45, 7) is 1.14. The Morgan fingerprint density at radius 2 is 1.58 bits per heavy atom. The second kappa shape index (κ2) is 9.00. The summed E-state index contributed by atoms with van der Waals surface area (Å²) >= 11 is 0. The lowest BCUT2D eigenvalue weighted by Crippen LogP contribution is -2.34. The van der Waals surface area contributed by atoms with Crippen LogP contribution in [0.25, 0.3) is 0 Å². The third-order valence-corrected chi connectivity index (χ3v) is 5.52. The number of anilines is 1. The molecular weight excluding hydrogens is 395 g/mol. The van der Waals surface area contributed by atoms with Gasteiger partial charge in [-0.25, -0.2) is 4.39 Å². The molecular formula is C25H23FN2O3. The van der Waals surface area contributed by atoms with Crippen molar-refractivity contribution in [1.29, 1.82) is 0 Å². The van der Waals surface area contributed by atoms with Crippen LogP contribution in [0.2, 0.25) is 0 Å². The Morgan fingerprint density at radius 1 is 0.935 bits per heavy atom. The molecule has 3 aromatic rings. The quantitative estimate of drug-likeness (QED) is 0.686. The predicted molar refractivity (Wildman–Crippen MR) is 117 cm³/mol. The molecule has 0 aliphatic carbocycles. The molecule has 3 aromatic carbocycles. The molecule has 0 saturated heterocycles. The van der Waals surface area contributed by atoms with E-state index in [-0.39, 0.29) is 17.2 Å². The number of halogens is 1. The van der Waals surface area contributed by atoms with Crippen LogP contribution in [0.1, 0.15) is 31.8 Å². The zero-order chi connectivity index (χ0) is 21.8. The number of hydrogen-bond donors (Lipinski definition) is 1. The number of rotatable bonds is 4. The summed E-state index contributed by atoms with van der Waals surface area (Å²) in [5, 5.41) is 2.69. The zero-order valence-electron chi connectivity index (χ0n) is 17.2. The number of nitrogens with zero attached hydrogens (tertiary/aromatic N) is 1. The van der Waals surface area contributed by atoms with Crippen LogP contribution < -0.4 is 10.1 Å². The molecule has 158 valence electrons. The highest BCUT2D eigenvalue weighted by Gasteiger charge is 2.23. The number of carbonyl (C=O) groups excluding carboxylic acids is 2. The van der Waals surface area contributed by atoms with E-state index < -0.39 is 11.7 Å². The van der Waals surface area contributed by atoms with Crippen molar-refractivity contribution >= 4 is 17.5 Å². The van der Waals surface area contributed by atoms with Crippen LogP contribution in [0, 0.1) is 5.82 Å². The molecule has 1 heterocycles. The summed E-state index contributed by atoms with van der Waals surface area (Å²) in [6, 6.07) is 18.6. The number of ether oxygens (including phenoxy) is 1. The first kappa shape index (κ1) is 20.6. The summed E-state index contributed by atoms with van der Waals surface area (Å²) in [7, 11) is 1.54. The van der Waals surface area contributed by atoms with Crippen molar-refractivity contribution in [3.63, 3.8) is 0 Å². The maximum atomic E-state index is 14.0. The Bertz CT molecular complexity index is 1090. The van der Waals surface area contributed by atoms with Crippen LogP contribution in [-0.2, 0) is 12.8 Å². The molecule has 0 saturated carbocycles. The highest BCUT2D eigenvalue weighted by atomic mass is 19.1. The lowest BCUT2D eigenvalue weighted by atomic mass is 10.0. The van der Waals surface area contributed by atoms with Crippen molar-refractivity contribution in [2.75, 3.05) is 25.5 Å². The molecule has 5 nitrogen and oxygen atoms in total. The van der Waals surface area contributed by atoms with E-state index in [0.29, 0.717) is 24.4 Å². The van der Waals surface area contributed by atoms with Gasteiger partial charge in [-0.3, -0.25) is 9.59 Å². The summed E-state index contributed by atoms with van der Waals surface area (Å²) in [6.07, 6.45) is 1.52. The van der Waals surface area contributed by atoms with Gasteiger partial charge in [-0.2, -0.15) is 0 Å². The maximum absolute atomic E-state index is 14.0. The smallest absolute Gasteiger partial charge is 0.255 e. The monoisotopic (exact) mass is 418 g/mol. The van der Waals surface area contributed by atoms with Crippen LogP contribution in [0.15, 0.2) is 66.7 Å². The second-order valence-corrected chi connectivity index (χ2v) is 7.43. The second-order valence-electron chi connectivity index (χ2n) is 7.43. The van der Waals surface area contributed by atoms with E-state index in [0.717, 1.165) is 12.8 Å². The molecule has 0 atom stereocenters. The van der Waals surface area contributed by atoms with Gasteiger partial charge in [0.1, 0.15) is 11.6 Å².